The molecule has 1 aromatic heterocycles. The summed E-state index contributed by atoms with van der Waals surface area (Å²) in [6.45, 7) is 5.45. The number of nitrogens with one attached hydrogen (secondary N) is 1. The number of likely N-dealkylation sites (tertiary alicyclic amines) is 2. The van der Waals surface area contributed by atoms with Crippen molar-refractivity contribution < 1.29 is 4.74 Å². The molecule has 1 N–H and O–H groups in total. The Labute approximate surface area is 148 Å². The topological polar surface area (TPSA) is 48.6 Å². The minimum atomic E-state index is 0.0319. The molecule has 134 valence electrons. The Balaban J connectivity index is 1.54. The SMILES string of the molecule is COc1ccc2[nH]c(=O)c(CN3CCC[C@H]3CN3CCCC3)cc2c1. The fourth-order valence-electron chi connectivity index (χ4n) is 4.27. The third kappa shape index (κ3) is 3.58. The van der Waals surface area contributed by atoms with Crippen LogP contribution in [-0.2, 0) is 6.54 Å². The molecule has 0 radical (unpaired) electrons. The van der Waals surface area contributed by atoms with Crippen LogP contribution in [0.3, 0.4) is 0 Å². The normalized spacial score (nSPS) is 22.0. The number of nitrogens with zero attached hydrogens (tertiary/aromatic N) is 2. The molecular formula is C20H27N3O2. The number of fused-ring (bicyclic) bond motifs is 1. The molecule has 0 spiro atoms. The Morgan fingerprint density at radius 3 is 2.80 bits per heavy atom. The van der Waals surface area contributed by atoms with Gasteiger partial charge in [-0.2, -0.15) is 0 Å². The summed E-state index contributed by atoms with van der Waals surface area (Å²) in [5.41, 5.74) is 1.75. The van der Waals surface area contributed by atoms with E-state index >= 15 is 0 Å². The van der Waals surface area contributed by atoms with Gasteiger partial charge in [-0.05, 0) is 69.6 Å². The van der Waals surface area contributed by atoms with Gasteiger partial charge in [0.05, 0.1) is 7.11 Å². The average molecular weight is 341 g/mol. The second-order valence-corrected chi connectivity index (χ2v) is 7.35. The highest BCUT2D eigenvalue weighted by Gasteiger charge is 2.27. The molecule has 2 saturated heterocycles. The van der Waals surface area contributed by atoms with E-state index in [0.29, 0.717) is 6.04 Å². The van der Waals surface area contributed by atoms with Gasteiger partial charge >= 0.3 is 0 Å². The number of ether oxygens (including phenoxy) is 1. The lowest BCUT2D eigenvalue weighted by Crippen LogP contribution is -2.39. The molecule has 2 aliphatic rings. The molecule has 3 heterocycles. The second-order valence-electron chi connectivity index (χ2n) is 7.35. The predicted molar refractivity (Wildman–Crippen MR) is 100 cm³/mol. The van der Waals surface area contributed by atoms with E-state index in [1.165, 1.54) is 38.8 Å². The number of aromatic nitrogens is 1. The van der Waals surface area contributed by atoms with Gasteiger partial charge in [-0.25, -0.2) is 0 Å². The quantitative estimate of drug-likeness (QED) is 0.908. The van der Waals surface area contributed by atoms with Crippen LogP contribution in [0.2, 0.25) is 0 Å². The fourth-order valence-corrected chi connectivity index (χ4v) is 4.27. The maximum absolute atomic E-state index is 12.5. The van der Waals surface area contributed by atoms with E-state index in [-0.39, 0.29) is 5.56 Å². The average Bonchev–Trinajstić information content (AvgIpc) is 3.28. The Hall–Kier alpha value is -1.85. The number of pyridine rings is 1. The van der Waals surface area contributed by atoms with E-state index in [4.69, 9.17) is 4.74 Å². The van der Waals surface area contributed by atoms with Crippen molar-refractivity contribution in [1.29, 1.82) is 0 Å². The Kier molecular flexibility index (Phi) is 4.77. The molecule has 0 unspecified atom stereocenters. The standard InChI is InChI=1S/C20H27N3O2/c1-25-18-6-7-19-15(12-18)11-16(20(24)21-19)13-23-10-4-5-17(23)14-22-8-2-3-9-22/h6-7,11-12,17H,2-5,8-10,13-14H2,1H3,(H,21,24)/t17-/m0/s1. The van der Waals surface area contributed by atoms with Gasteiger partial charge in [0.15, 0.2) is 0 Å². The van der Waals surface area contributed by atoms with Crippen molar-refractivity contribution in [2.75, 3.05) is 33.3 Å². The molecule has 2 fully saturated rings. The summed E-state index contributed by atoms with van der Waals surface area (Å²) in [4.78, 5) is 20.6. The monoisotopic (exact) mass is 341 g/mol. The summed E-state index contributed by atoms with van der Waals surface area (Å²) in [5.74, 6) is 0.818. The zero-order valence-corrected chi connectivity index (χ0v) is 15.0. The number of benzene rings is 1. The van der Waals surface area contributed by atoms with Gasteiger partial charge in [0.25, 0.3) is 5.56 Å². The van der Waals surface area contributed by atoms with Crippen molar-refractivity contribution in [2.45, 2.75) is 38.3 Å². The molecule has 0 amide bonds. The smallest absolute Gasteiger partial charge is 0.252 e. The van der Waals surface area contributed by atoms with Gasteiger partial charge in [-0.3, -0.25) is 9.69 Å². The van der Waals surface area contributed by atoms with Crippen LogP contribution in [-0.4, -0.2) is 54.1 Å². The van der Waals surface area contributed by atoms with Crippen LogP contribution in [0.1, 0.15) is 31.2 Å². The number of H-pyrrole nitrogens is 1. The van der Waals surface area contributed by atoms with Crippen molar-refractivity contribution in [3.63, 3.8) is 0 Å². The van der Waals surface area contributed by atoms with E-state index in [9.17, 15) is 4.79 Å². The summed E-state index contributed by atoms with van der Waals surface area (Å²) >= 11 is 0. The fraction of sp³-hybridized carbons (Fsp3) is 0.550. The first-order valence-corrected chi connectivity index (χ1v) is 9.39. The maximum Gasteiger partial charge on any atom is 0.252 e. The highest BCUT2D eigenvalue weighted by molar-refractivity contribution is 5.80. The van der Waals surface area contributed by atoms with Crippen molar-refractivity contribution in [1.82, 2.24) is 14.8 Å². The van der Waals surface area contributed by atoms with Crippen LogP contribution in [0.4, 0.5) is 0 Å². The lowest BCUT2D eigenvalue weighted by molar-refractivity contribution is 0.185. The number of aromatic amines is 1. The molecule has 2 aliphatic heterocycles. The maximum atomic E-state index is 12.5. The summed E-state index contributed by atoms with van der Waals surface area (Å²) in [6.07, 6.45) is 5.14. The minimum Gasteiger partial charge on any atom is -0.497 e. The van der Waals surface area contributed by atoms with Crippen LogP contribution >= 0.6 is 0 Å². The van der Waals surface area contributed by atoms with Gasteiger partial charge < -0.3 is 14.6 Å². The first kappa shape index (κ1) is 16.6. The summed E-state index contributed by atoms with van der Waals surface area (Å²) in [5, 5.41) is 1.03. The summed E-state index contributed by atoms with van der Waals surface area (Å²) in [7, 11) is 1.67. The van der Waals surface area contributed by atoms with Crippen molar-refractivity contribution in [3.05, 3.63) is 40.2 Å². The summed E-state index contributed by atoms with van der Waals surface area (Å²) in [6, 6.07) is 8.39. The van der Waals surface area contributed by atoms with Gasteiger partial charge in [0.2, 0.25) is 0 Å². The minimum absolute atomic E-state index is 0.0319. The van der Waals surface area contributed by atoms with E-state index in [1.807, 2.05) is 24.3 Å². The molecule has 1 aromatic carbocycles. The molecule has 0 aliphatic carbocycles. The van der Waals surface area contributed by atoms with Crippen LogP contribution in [0, 0.1) is 0 Å². The van der Waals surface area contributed by atoms with Crippen LogP contribution < -0.4 is 10.3 Å². The van der Waals surface area contributed by atoms with Gasteiger partial charge in [0.1, 0.15) is 5.75 Å². The molecule has 1 atom stereocenters. The third-order valence-electron chi connectivity index (χ3n) is 5.67. The molecule has 0 saturated carbocycles. The molecule has 5 nitrogen and oxygen atoms in total. The zero-order valence-electron chi connectivity index (χ0n) is 15.0. The van der Waals surface area contributed by atoms with Crippen molar-refractivity contribution >= 4 is 10.9 Å². The van der Waals surface area contributed by atoms with Gasteiger partial charge in [-0.1, -0.05) is 0 Å². The Bertz CT molecular complexity index is 795. The number of hydrogen-bond donors (Lipinski definition) is 1. The van der Waals surface area contributed by atoms with E-state index in [1.54, 1.807) is 7.11 Å². The molecule has 5 heteroatoms. The highest BCUT2D eigenvalue weighted by Crippen LogP contribution is 2.23. The Morgan fingerprint density at radius 1 is 1.16 bits per heavy atom. The van der Waals surface area contributed by atoms with E-state index in [2.05, 4.69) is 14.8 Å². The third-order valence-corrected chi connectivity index (χ3v) is 5.67. The molecule has 0 bridgehead atoms. The second kappa shape index (κ2) is 7.18. The zero-order chi connectivity index (χ0) is 17.2. The van der Waals surface area contributed by atoms with Crippen LogP contribution in [0.15, 0.2) is 29.1 Å². The molecule has 2 aromatic rings. The number of hydrogen-bond acceptors (Lipinski definition) is 4. The number of rotatable bonds is 5. The lowest BCUT2D eigenvalue weighted by Gasteiger charge is -2.28. The highest BCUT2D eigenvalue weighted by atomic mass is 16.5. The number of methoxy groups -OCH3 is 1. The molecule has 4 rings (SSSR count). The Morgan fingerprint density at radius 2 is 2.00 bits per heavy atom. The van der Waals surface area contributed by atoms with Crippen molar-refractivity contribution in [2.24, 2.45) is 0 Å². The summed E-state index contributed by atoms with van der Waals surface area (Å²) < 4.78 is 5.31. The first-order chi connectivity index (χ1) is 12.2. The largest absolute Gasteiger partial charge is 0.497 e. The van der Waals surface area contributed by atoms with Gasteiger partial charge in [0, 0.05) is 35.6 Å². The van der Waals surface area contributed by atoms with E-state index < -0.39 is 0 Å². The lowest BCUT2D eigenvalue weighted by atomic mass is 10.1. The molecular weight excluding hydrogens is 314 g/mol. The van der Waals surface area contributed by atoms with E-state index in [0.717, 1.165) is 41.9 Å². The van der Waals surface area contributed by atoms with Crippen LogP contribution in [0.5, 0.6) is 5.75 Å². The predicted octanol–water partition coefficient (Wildman–Crippen LogP) is 2.60. The molecule has 25 heavy (non-hydrogen) atoms. The van der Waals surface area contributed by atoms with Crippen molar-refractivity contribution in [3.8, 4) is 5.75 Å². The van der Waals surface area contributed by atoms with Crippen LogP contribution in [0.25, 0.3) is 10.9 Å². The first-order valence-electron chi connectivity index (χ1n) is 9.39. The van der Waals surface area contributed by atoms with Gasteiger partial charge in [-0.15, -0.1) is 0 Å².